The molecule has 1 aromatic heterocycles. The number of hydrogen-bond acceptors (Lipinski definition) is 4. The van der Waals surface area contributed by atoms with Gasteiger partial charge in [0.25, 0.3) is 0 Å². The summed E-state index contributed by atoms with van der Waals surface area (Å²) < 4.78 is 5.23. The lowest BCUT2D eigenvalue weighted by Crippen LogP contribution is -2.17. The zero-order valence-electron chi connectivity index (χ0n) is 11.6. The van der Waals surface area contributed by atoms with Gasteiger partial charge in [-0.05, 0) is 19.0 Å². The largest absolute Gasteiger partial charge is 0.479 e. The molecule has 2 rings (SSSR count). The molecular formula is C15H19N3O. The van der Waals surface area contributed by atoms with Gasteiger partial charge in [0.15, 0.2) is 0 Å². The number of rotatable bonds is 5. The fourth-order valence-corrected chi connectivity index (χ4v) is 2.03. The van der Waals surface area contributed by atoms with Gasteiger partial charge in [0.05, 0.1) is 7.11 Å². The maximum Gasteiger partial charge on any atom is 0.240 e. The highest BCUT2D eigenvalue weighted by Crippen LogP contribution is 2.26. The molecule has 1 N–H and O–H groups in total. The van der Waals surface area contributed by atoms with Crippen molar-refractivity contribution in [3.63, 3.8) is 0 Å². The molecule has 1 atom stereocenters. The Balaban J connectivity index is 2.27. The standard InChI is InChI=1S/C15H19N3O/c1-4-16-11(2)12-5-7-13(8-6-12)14-15(19-3)18-10-9-17-14/h5-11,16H,4H2,1-3H3. The molecule has 0 aliphatic rings. The number of ether oxygens (including phenoxy) is 1. The van der Waals surface area contributed by atoms with Crippen LogP contribution < -0.4 is 10.1 Å². The lowest BCUT2D eigenvalue weighted by atomic mass is 10.0. The Morgan fingerprint density at radius 2 is 1.84 bits per heavy atom. The Morgan fingerprint density at radius 3 is 2.47 bits per heavy atom. The zero-order chi connectivity index (χ0) is 13.7. The van der Waals surface area contributed by atoms with Crippen LogP contribution in [0.4, 0.5) is 0 Å². The first kappa shape index (κ1) is 13.5. The summed E-state index contributed by atoms with van der Waals surface area (Å²) in [6, 6.07) is 8.67. The summed E-state index contributed by atoms with van der Waals surface area (Å²) in [4.78, 5) is 8.49. The minimum absolute atomic E-state index is 0.350. The van der Waals surface area contributed by atoms with E-state index in [-0.39, 0.29) is 0 Å². The molecule has 19 heavy (non-hydrogen) atoms. The fourth-order valence-electron chi connectivity index (χ4n) is 2.03. The van der Waals surface area contributed by atoms with Crippen molar-refractivity contribution in [3.05, 3.63) is 42.2 Å². The van der Waals surface area contributed by atoms with Crippen LogP contribution >= 0.6 is 0 Å². The first-order valence-electron chi connectivity index (χ1n) is 6.45. The van der Waals surface area contributed by atoms with E-state index in [0.29, 0.717) is 11.9 Å². The van der Waals surface area contributed by atoms with Gasteiger partial charge in [0.2, 0.25) is 5.88 Å². The van der Waals surface area contributed by atoms with E-state index < -0.39 is 0 Å². The van der Waals surface area contributed by atoms with Crippen molar-refractivity contribution in [3.8, 4) is 17.1 Å². The topological polar surface area (TPSA) is 47.0 Å². The second-order valence-corrected chi connectivity index (χ2v) is 4.32. The average Bonchev–Trinajstić information content (AvgIpc) is 2.47. The van der Waals surface area contributed by atoms with E-state index in [1.54, 1.807) is 19.5 Å². The summed E-state index contributed by atoms with van der Waals surface area (Å²) in [7, 11) is 1.61. The molecule has 1 heterocycles. The number of nitrogens with zero attached hydrogens (tertiary/aromatic N) is 2. The molecule has 100 valence electrons. The van der Waals surface area contributed by atoms with Crippen LogP contribution in [0, 0.1) is 0 Å². The second kappa shape index (κ2) is 6.29. The van der Waals surface area contributed by atoms with Crippen LogP contribution in [-0.4, -0.2) is 23.6 Å². The van der Waals surface area contributed by atoms with Gasteiger partial charge in [-0.3, -0.25) is 0 Å². The summed E-state index contributed by atoms with van der Waals surface area (Å²) in [5.74, 6) is 0.551. The number of benzene rings is 1. The molecule has 0 aliphatic carbocycles. The van der Waals surface area contributed by atoms with Crippen molar-refractivity contribution < 1.29 is 4.74 Å². The Kier molecular flexibility index (Phi) is 4.47. The van der Waals surface area contributed by atoms with Gasteiger partial charge in [0, 0.05) is 24.0 Å². The zero-order valence-corrected chi connectivity index (χ0v) is 11.6. The van der Waals surface area contributed by atoms with Crippen molar-refractivity contribution >= 4 is 0 Å². The molecule has 0 saturated carbocycles. The minimum Gasteiger partial charge on any atom is -0.479 e. The predicted molar refractivity (Wildman–Crippen MR) is 76.1 cm³/mol. The first-order chi connectivity index (χ1) is 9.26. The summed E-state index contributed by atoms with van der Waals surface area (Å²) >= 11 is 0. The van der Waals surface area contributed by atoms with E-state index in [4.69, 9.17) is 4.74 Å². The highest BCUT2D eigenvalue weighted by atomic mass is 16.5. The third kappa shape index (κ3) is 3.09. The molecule has 4 nitrogen and oxygen atoms in total. The minimum atomic E-state index is 0.350. The summed E-state index contributed by atoms with van der Waals surface area (Å²) in [6.07, 6.45) is 3.30. The van der Waals surface area contributed by atoms with Crippen LogP contribution in [0.3, 0.4) is 0 Å². The second-order valence-electron chi connectivity index (χ2n) is 4.32. The normalized spacial score (nSPS) is 12.2. The summed E-state index contributed by atoms with van der Waals surface area (Å²) in [5.41, 5.74) is 3.04. The Labute approximate surface area is 113 Å². The van der Waals surface area contributed by atoms with Gasteiger partial charge < -0.3 is 10.1 Å². The molecule has 1 unspecified atom stereocenters. The van der Waals surface area contributed by atoms with Crippen LogP contribution in [0.2, 0.25) is 0 Å². The van der Waals surface area contributed by atoms with Gasteiger partial charge >= 0.3 is 0 Å². The number of methoxy groups -OCH3 is 1. The van der Waals surface area contributed by atoms with E-state index in [2.05, 4.69) is 53.4 Å². The maximum absolute atomic E-state index is 5.23. The quantitative estimate of drug-likeness (QED) is 0.894. The maximum atomic E-state index is 5.23. The van der Waals surface area contributed by atoms with Crippen LogP contribution in [0.25, 0.3) is 11.3 Å². The number of hydrogen-bond donors (Lipinski definition) is 1. The predicted octanol–water partition coefficient (Wildman–Crippen LogP) is 2.82. The van der Waals surface area contributed by atoms with Crippen molar-refractivity contribution in [2.45, 2.75) is 19.9 Å². The molecule has 2 aromatic rings. The van der Waals surface area contributed by atoms with Crippen LogP contribution in [0.5, 0.6) is 5.88 Å². The van der Waals surface area contributed by atoms with Crippen LogP contribution in [0.15, 0.2) is 36.7 Å². The molecule has 0 radical (unpaired) electrons. The lowest BCUT2D eigenvalue weighted by molar-refractivity contribution is 0.398. The third-order valence-electron chi connectivity index (χ3n) is 3.05. The summed E-state index contributed by atoms with van der Waals surface area (Å²) in [5, 5.41) is 3.39. The van der Waals surface area contributed by atoms with Gasteiger partial charge in [0.1, 0.15) is 5.69 Å². The van der Waals surface area contributed by atoms with E-state index in [0.717, 1.165) is 17.8 Å². The summed E-state index contributed by atoms with van der Waals surface area (Å²) in [6.45, 7) is 5.22. The first-order valence-corrected chi connectivity index (χ1v) is 6.45. The van der Waals surface area contributed by atoms with E-state index >= 15 is 0 Å². The molecule has 0 amide bonds. The van der Waals surface area contributed by atoms with Gasteiger partial charge in [-0.2, -0.15) is 0 Å². The fraction of sp³-hybridized carbons (Fsp3) is 0.333. The molecular weight excluding hydrogens is 238 g/mol. The van der Waals surface area contributed by atoms with Crippen LogP contribution in [-0.2, 0) is 0 Å². The average molecular weight is 257 g/mol. The van der Waals surface area contributed by atoms with Crippen molar-refractivity contribution in [2.75, 3.05) is 13.7 Å². The van der Waals surface area contributed by atoms with Gasteiger partial charge in [-0.1, -0.05) is 31.2 Å². The molecule has 4 heteroatoms. The van der Waals surface area contributed by atoms with Crippen molar-refractivity contribution in [1.82, 2.24) is 15.3 Å². The lowest BCUT2D eigenvalue weighted by Gasteiger charge is -2.13. The smallest absolute Gasteiger partial charge is 0.240 e. The highest BCUT2D eigenvalue weighted by Gasteiger charge is 2.09. The third-order valence-corrected chi connectivity index (χ3v) is 3.05. The van der Waals surface area contributed by atoms with E-state index in [9.17, 15) is 0 Å². The molecule has 0 spiro atoms. The molecule has 0 bridgehead atoms. The monoisotopic (exact) mass is 257 g/mol. The molecule has 1 aromatic carbocycles. The number of aromatic nitrogens is 2. The van der Waals surface area contributed by atoms with E-state index in [1.165, 1.54) is 5.56 Å². The molecule has 0 saturated heterocycles. The Morgan fingerprint density at radius 1 is 1.16 bits per heavy atom. The molecule has 0 fully saturated rings. The Bertz CT molecular complexity index is 525. The van der Waals surface area contributed by atoms with Gasteiger partial charge in [-0.25, -0.2) is 9.97 Å². The number of nitrogens with one attached hydrogen (secondary N) is 1. The van der Waals surface area contributed by atoms with Crippen molar-refractivity contribution in [1.29, 1.82) is 0 Å². The van der Waals surface area contributed by atoms with E-state index in [1.807, 2.05) is 0 Å². The SMILES string of the molecule is CCNC(C)c1ccc(-c2nccnc2OC)cc1. The van der Waals surface area contributed by atoms with Crippen molar-refractivity contribution in [2.24, 2.45) is 0 Å². The van der Waals surface area contributed by atoms with Crippen LogP contribution in [0.1, 0.15) is 25.5 Å². The molecule has 0 aliphatic heterocycles. The Hall–Kier alpha value is -1.94. The highest BCUT2D eigenvalue weighted by molar-refractivity contribution is 5.64. The van der Waals surface area contributed by atoms with Gasteiger partial charge in [-0.15, -0.1) is 0 Å².